The maximum atomic E-state index is 13.1. The molecule has 2 aromatic carbocycles. The highest BCUT2D eigenvalue weighted by Crippen LogP contribution is 2.33. The maximum Gasteiger partial charge on any atom is 0.142 e. The Balaban J connectivity index is 2.23. The van der Waals surface area contributed by atoms with Crippen LogP contribution in [-0.2, 0) is 13.2 Å². The van der Waals surface area contributed by atoms with E-state index in [0.717, 1.165) is 16.7 Å². The first-order valence-corrected chi connectivity index (χ1v) is 7.27. The number of hydrogen-bond acceptors (Lipinski definition) is 2. The zero-order valence-electron chi connectivity index (χ0n) is 11.8. The van der Waals surface area contributed by atoms with Crippen molar-refractivity contribution in [3.63, 3.8) is 0 Å². The molecule has 0 unspecified atom stereocenters. The Morgan fingerprint density at radius 1 is 1.14 bits per heavy atom. The Morgan fingerprint density at radius 3 is 2.57 bits per heavy atom. The lowest BCUT2D eigenvalue weighted by Gasteiger charge is -2.15. The lowest BCUT2D eigenvalue weighted by Crippen LogP contribution is -2.08. The van der Waals surface area contributed by atoms with Gasteiger partial charge in [-0.3, -0.25) is 0 Å². The van der Waals surface area contributed by atoms with Crippen LogP contribution >= 0.6 is 23.2 Å². The molecule has 0 aliphatic rings. The molecule has 0 aliphatic heterocycles. The predicted molar refractivity (Wildman–Crippen MR) is 84.7 cm³/mol. The van der Waals surface area contributed by atoms with Crippen LogP contribution in [-0.4, -0.2) is 7.05 Å². The van der Waals surface area contributed by atoms with Crippen LogP contribution in [0.5, 0.6) is 5.75 Å². The van der Waals surface area contributed by atoms with Gasteiger partial charge in [-0.1, -0.05) is 29.3 Å². The van der Waals surface area contributed by atoms with Gasteiger partial charge in [0.1, 0.15) is 18.2 Å². The monoisotopic (exact) mass is 327 g/mol. The first-order chi connectivity index (χ1) is 10.0. The highest BCUT2D eigenvalue weighted by atomic mass is 35.5. The van der Waals surface area contributed by atoms with E-state index in [1.807, 2.05) is 20.0 Å². The fraction of sp³-hybridized carbons (Fsp3) is 0.250. The first kappa shape index (κ1) is 16.1. The molecule has 0 aliphatic carbocycles. The topological polar surface area (TPSA) is 21.3 Å². The van der Waals surface area contributed by atoms with Crippen molar-refractivity contribution in [1.82, 2.24) is 5.32 Å². The van der Waals surface area contributed by atoms with Crippen LogP contribution < -0.4 is 10.1 Å². The van der Waals surface area contributed by atoms with Crippen LogP contribution in [0, 0.1) is 12.7 Å². The highest BCUT2D eigenvalue weighted by Gasteiger charge is 2.11. The zero-order chi connectivity index (χ0) is 15.4. The van der Waals surface area contributed by atoms with Crippen molar-refractivity contribution >= 4 is 23.2 Å². The van der Waals surface area contributed by atoms with Crippen LogP contribution in [0.1, 0.15) is 16.7 Å². The summed E-state index contributed by atoms with van der Waals surface area (Å²) in [6.07, 6.45) is 0. The van der Waals surface area contributed by atoms with E-state index in [4.69, 9.17) is 27.9 Å². The molecule has 0 amide bonds. The van der Waals surface area contributed by atoms with Gasteiger partial charge >= 0.3 is 0 Å². The lowest BCUT2D eigenvalue weighted by atomic mass is 10.1. The summed E-state index contributed by atoms with van der Waals surface area (Å²) in [5.74, 6) is 0.343. The number of benzene rings is 2. The Labute approximate surface area is 133 Å². The smallest absolute Gasteiger partial charge is 0.142 e. The molecular formula is C16H16Cl2FNO. The molecule has 2 aromatic rings. The summed E-state index contributed by atoms with van der Waals surface area (Å²) < 4.78 is 18.9. The summed E-state index contributed by atoms with van der Waals surface area (Å²) in [6.45, 7) is 2.77. The minimum Gasteiger partial charge on any atom is -0.487 e. The van der Waals surface area contributed by atoms with Crippen LogP contribution in [0.2, 0.25) is 10.0 Å². The van der Waals surface area contributed by atoms with Gasteiger partial charge in [0, 0.05) is 17.1 Å². The normalized spacial score (nSPS) is 10.7. The SMILES string of the molecule is CNCc1cc(Cl)cc(Cl)c1OCc1ccc(F)cc1C. The third kappa shape index (κ3) is 4.10. The summed E-state index contributed by atoms with van der Waals surface area (Å²) in [6, 6.07) is 8.08. The second-order valence-electron chi connectivity index (χ2n) is 4.77. The maximum absolute atomic E-state index is 13.1. The van der Waals surface area contributed by atoms with Crippen molar-refractivity contribution in [1.29, 1.82) is 0 Å². The average molecular weight is 328 g/mol. The second-order valence-corrected chi connectivity index (χ2v) is 5.61. The number of ether oxygens (including phenoxy) is 1. The van der Waals surface area contributed by atoms with Gasteiger partial charge in [0.05, 0.1) is 5.02 Å². The van der Waals surface area contributed by atoms with E-state index in [-0.39, 0.29) is 5.82 Å². The molecular weight excluding hydrogens is 312 g/mol. The standard InChI is InChI=1S/C16H16Cl2FNO/c1-10-5-14(19)4-3-11(10)9-21-16-12(8-20-2)6-13(17)7-15(16)18/h3-7,20H,8-9H2,1-2H3. The van der Waals surface area contributed by atoms with E-state index in [2.05, 4.69) is 5.32 Å². The van der Waals surface area contributed by atoms with E-state index in [1.165, 1.54) is 12.1 Å². The Hall–Kier alpha value is -1.29. The Bertz CT molecular complexity index is 646. The summed E-state index contributed by atoms with van der Waals surface area (Å²) in [7, 11) is 1.84. The van der Waals surface area contributed by atoms with Crippen molar-refractivity contribution in [2.24, 2.45) is 0 Å². The lowest BCUT2D eigenvalue weighted by molar-refractivity contribution is 0.301. The molecule has 0 atom stereocenters. The van der Waals surface area contributed by atoms with E-state index in [1.54, 1.807) is 12.1 Å². The van der Waals surface area contributed by atoms with Crippen molar-refractivity contribution in [2.75, 3.05) is 7.05 Å². The third-order valence-electron chi connectivity index (χ3n) is 3.13. The quantitative estimate of drug-likeness (QED) is 0.856. The van der Waals surface area contributed by atoms with E-state index in [9.17, 15) is 4.39 Å². The minimum absolute atomic E-state index is 0.253. The summed E-state index contributed by atoms with van der Waals surface area (Å²) in [5.41, 5.74) is 2.64. The highest BCUT2D eigenvalue weighted by molar-refractivity contribution is 6.35. The van der Waals surface area contributed by atoms with Crippen LogP contribution in [0.3, 0.4) is 0 Å². The number of aryl methyl sites for hydroxylation is 1. The van der Waals surface area contributed by atoms with Crippen molar-refractivity contribution in [2.45, 2.75) is 20.1 Å². The molecule has 5 heteroatoms. The van der Waals surface area contributed by atoms with Gasteiger partial charge in [0.25, 0.3) is 0 Å². The van der Waals surface area contributed by atoms with Crippen LogP contribution in [0.15, 0.2) is 30.3 Å². The Morgan fingerprint density at radius 2 is 1.90 bits per heavy atom. The predicted octanol–water partition coefficient (Wildman–Crippen LogP) is 4.74. The van der Waals surface area contributed by atoms with Gasteiger partial charge in [-0.25, -0.2) is 4.39 Å². The molecule has 0 spiro atoms. The average Bonchev–Trinajstić information content (AvgIpc) is 2.40. The number of hydrogen-bond donors (Lipinski definition) is 1. The third-order valence-corrected chi connectivity index (χ3v) is 3.63. The second kappa shape index (κ2) is 7.12. The number of halogens is 3. The molecule has 0 bridgehead atoms. The summed E-state index contributed by atoms with van der Waals surface area (Å²) in [4.78, 5) is 0. The fourth-order valence-electron chi connectivity index (χ4n) is 2.07. The van der Waals surface area contributed by atoms with Crippen LogP contribution in [0.4, 0.5) is 4.39 Å². The molecule has 0 heterocycles. The van der Waals surface area contributed by atoms with Crippen molar-refractivity contribution in [3.8, 4) is 5.75 Å². The zero-order valence-corrected chi connectivity index (χ0v) is 13.4. The van der Waals surface area contributed by atoms with E-state index < -0.39 is 0 Å². The molecule has 112 valence electrons. The van der Waals surface area contributed by atoms with E-state index in [0.29, 0.717) is 28.9 Å². The largest absolute Gasteiger partial charge is 0.487 e. The summed E-state index contributed by atoms with van der Waals surface area (Å²) in [5, 5.41) is 4.08. The van der Waals surface area contributed by atoms with Gasteiger partial charge in [0.2, 0.25) is 0 Å². The molecule has 0 aromatic heterocycles. The van der Waals surface area contributed by atoms with Gasteiger partial charge < -0.3 is 10.1 Å². The van der Waals surface area contributed by atoms with Gasteiger partial charge in [0.15, 0.2) is 0 Å². The molecule has 1 N–H and O–H groups in total. The molecule has 2 nitrogen and oxygen atoms in total. The number of rotatable bonds is 5. The van der Waals surface area contributed by atoms with Gasteiger partial charge in [-0.05, 0) is 49.4 Å². The van der Waals surface area contributed by atoms with Crippen molar-refractivity contribution < 1.29 is 9.13 Å². The van der Waals surface area contributed by atoms with Crippen molar-refractivity contribution in [3.05, 3.63) is 62.9 Å². The molecule has 0 radical (unpaired) electrons. The van der Waals surface area contributed by atoms with E-state index >= 15 is 0 Å². The molecule has 0 saturated carbocycles. The summed E-state index contributed by atoms with van der Waals surface area (Å²) >= 11 is 12.2. The minimum atomic E-state index is -0.253. The first-order valence-electron chi connectivity index (χ1n) is 6.51. The van der Waals surface area contributed by atoms with Gasteiger partial charge in [-0.2, -0.15) is 0 Å². The van der Waals surface area contributed by atoms with Crippen LogP contribution in [0.25, 0.3) is 0 Å². The molecule has 0 fully saturated rings. The fourth-order valence-corrected chi connectivity index (χ4v) is 2.66. The Kier molecular flexibility index (Phi) is 5.45. The number of nitrogens with one attached hydrogen (secondary N) is 1. The van der Waals surface area contributed by atoms with Gasteiger partial charge in [-0.15, -0.1) is 0 Å². The molecule has 21 heavy (non-hydrogen) atoms. The molecule has 2 rings (SSSR count). The molecule has 0 saturated heterocycles.